The van der Waals surface area contributed by atoms with Crippen LogP contribution in [0.15, 0.2) is 23.1 Å². The van der Waals surface area contributed by atoms with E-state index in [-0.39, 0.29) is 0 Å². The highest BCUT2D eigenvalue weighted by Crippen LogP contribution is 2.32. The minimum absolute atomic E-state index is 0.753. The summed E-state index contributed by atoms with van der Waals surface area (Å²) >= 11 is 6.01. The zero-order valence-corrected chi connectivity index (χ0v) is 9.45. The Kier molecular flexibility index (Phi) is 2.49. The van der Waals surface area contributed by atoms with Gasteiger partial charge in [0, 0.05) is 15.0 Å². The lowest BCUT2D eigenvalue weighted by Gasteiger charge is -2.01. The third kappa shape index (κ3) is 1.41. The van der Waals surface area contributed by atoms with Crippen LogP contribution in [0.25, 0.3) is 10.1 Å². The van der Waals surface area contributed by atoms with Crippen LogP contribution in [-0.2, 0) is 6.42 Å². The van der Waals surface area contributed by atoms with Crippen molar-refractivity contribution in [3.63, 3.8) is 0 Å². The van der Waals surface area contributed by atoms with Gasteiger partial charge >= 0.3 is 0 Å². The maximum Gasteiger partial charge on any atom is 0.110 e. The van der Waals surface area contributed by atoms with Crippen LogP contribution in [0.1, 0.15) is 17.4 Å². The largest absolute Gasteiger partial charge is 0.192 e. The first-order valence-electron chi connectivity index (χ1n) is 4.40. The molecule has 0 saturated carbocycles. The molecule has 0 N–H and O–H groups in total. The van der Waals surface area contributed by atoms with Crippen LogP contribution in [-0.4, -0.2) is 0 Å². The molecule has 1 nitrogen and oxygen atoms in total. The van der Waals surface area contributed by atoms with E-state index >= 15 is 0 Å². The number of thiophene rings is 1. The Morgan fingerprint density at radius 1 is 1.50 bits per heavy atom. The monoisotopic (exact) mass is 219 g/mol. The summed E-state index contributed by atoms with van der Waals surface area (Å²) in [5.74, 6) is 0. The highest BCUT2D eigenvalue weighted by Gasteiger charge is 2.06. The van der Waals surface area contributed by atoms with Crippen molar-refractivity contribution >= 4 is 34.1 Å². The smallest absolute Gasteiger partial charge is 0.110 e. The Bertz CT molecular complexity index is 520. The third-order valence-corrected chi connectivity index (χ3v) is 3.78. The van der Waals surface area contributed by atoms with Crippen LogP contribution < -0.4 is 0 Å². The number of hydrogen-bond donors (Lipinski definition) is 1. The summed E-state index contributed by atoms with van der Waals surface area (Å²) in [4.78, 5) is 1.77. The van der Waals surface area contributed by atoms with E-state index in [4.69, 9.17) is 5.26 Å². The Balaban J connectivity index is 2.76. The van der Waals surface area contributed by atoms with E-state index in [1.807, 2.05) is 6.07 Å². The molecule has 0 radical (unpaired) electrons. The van der Waals surface area contributed by atoms with E-state index in [0.29, 0.717) is 0 Å². The molecule has 0 spiro atoms. The number of hydrogen-bond acceptors (Lipinski definition) is 3. The van der Waals surface area contributed by atoms with Gasteiger partial charge in [0.2, 0.25) is 0 Å². The van der Waals surface area contributed by atoms with Crippen LogP contribution in [0.3, 0.4) is 0 Å². The van der Waals surface area contributed by atoms with E-state index in [2.05, 4.69) is 37.8 Å². The zero-order valence-electron chi connectivity index (χ0n) is 7.74. The predicted octanol–water partition coefficient (Wildman–Crippen LogP) is 3.62. The normalized spacial score (nSPS) is 10.4. The van der Waals surface area contributed by atoms with Gasteiger partial charge in [-0.15, -0.1) is 24.0 Å². The maximum atomic E-state index is 8.79. The minimum atomic E-state index is 0.753. The maximum absolute atomic E-state index is 8.79. The lowest BCUT2D eigenvalue weighted by molar-refractivity contribution is 1.10. The molecule has 2 rings (SSSR count). The molecule has 0 aliphatic rings. The molecule has 0 bridgehead atoms. The lowest BCUT2D eigenvalue weighted by Crippen LogP contribution is -1.81. The average Bonchev–Trinajstić information content (AvgIpc) is 2.62. The quantitative estimate of drug-likeness (QED) is 0.728. The Morgan fingerprint density at radius 2 is 2.29 bits per heavy atom. The molecular formula is C11H9NS2. The molecule has 1 aromatic carbocycles. The number of thiol groups is 1. The first kappa shape index (κ1) is 9.57. The first-order valence-corrected chi connectivity index (χ1v) is 5.67. The molecular weight excluding hydrogens is 210 g/mol. The van der Waals surface area contributed by atoms with Crippen molar-refractivity contribution in [1.82, 2.24) is 0 Å². The van der Waals surface area contributed by atoms with Gasteiger partial charge in [0.15, 0.2) is 0 Å². The highest BCUT2D eigenvalue weighted by molar-refractivity contribution is 7.80. The Hall–Kier alpha value is -0.980. The standard InChI is InChI=1S/C11H9NS2/c1-2-7-3-4-10-9(11(7)13)5-8(6-12)14-10/h3-5,13H,2H2,1H3. The van der Waals surface area contributed by atoms with Gasteiger partial charge in [0.25, 0.3) is 0 Å². The summed E-state index contributed by atoms with van der Waals surface area (Å²) < 4.78 is 1.14. The van der Waals surface area contributed by atoms with Gasteiger partial charge in [-0.1, -0.05) is 13.0 Å². The molecule has 2 aromatic rings. The van der Waals surface area contributed by atoms with E-state index in [1.165, 1.54) is 16.9 Å². The lowest BCUT2D eigenvalue weighted by atomic mass is 10.1. The van der Waals surface area contributed by atoms with Crippen LogP contribution in [0.2, 0.25) is 0 Å². The molecule has 0 fully saturated rings. The van der Waals surface area contributed by atoms with Gasteiger partial charge < -0.3 is 0 Å². The molecule has 1 heterocycles. The number of aryl methyl sites for hydroxylation is 1. The van der Waals surface area contributed by atoms with E-state index in [1.54, 1.807) is 0 Å². The summed E-state index contributed by atoms with van der Waals surface area (Å²) in [7, 11) is 0. The van der Waals surface area contributed by atoms with Crippen molar-refractivity contribution in [1.29, 1.82) is 5.26 Å². The topological polar surface area (TPSA) is 23.8 Å². The van der Waals surface area contributed by atoms with E-state index in [0.717, 1.165) is 26.3 Å². The SMILES string of the molecule is CCc1ccc2sc(C#N)cc2c1S. The summed E-state index contributed by atoms with van der Waals surface area (Å²) in [6, 6.07) is 8.24. The summed E-state index contributed by atoms with van der Waals surface area (Å²) in [5, 5.41) is 9.90. The fraction of sp³-hybridized carbons (Fsp3) is 0.182. The number of nitriles is 1. The van der Waals surface area contributed by atoms with Gasteiger partial charge in [-0.2, -0.15) is 5.26 Å². The van der Waals surface area contributed by atoms with Crippen LogP contribution in [0.5, 0.6) is 0 Å². The van der Waals surface area contributed by atoms with E-state index < -0.39 is 0 Å². The molecule has 0 unspecified atom stereocenters. The molecule has 0 saturated heterocycles. The van der Waals surface area contributed by atoms with Gasteiger partial charge in [-0.3, -0.25) is 0 Å². The molecule has 14 heavy (non-hydrogen) atoms. The second kappa shape index (κ2) is 3.64. The van der Waals surface area contributed by atoms with Crippen molar-refractivity contribution in [3.8, 4) is 6.07 Å². The van der Waals surface area contributed by atoms with Crippen molar-refractivity contribution in [3.05, 3.63) is 28.6 Å². The second-order valence-corrected chi connectivity index (χ2v) is 4.59. The Labute approximate surface area is 92.4 Å². The first-order chi connectivity index (χ1) is 6.76. The van der Waals surface area contributed by atoms with Gasteiger partial charge in [0.05, 0.1) is 0 Å². The van der Waals surface area contributed by atoms with Crippen LogP contribution in [0, 0.1) is 11.3 Å². The van der Waals surface area contributed by atoms with E-state index in [9.17, 15) is 0 Å². The average molecular weight is 219 g/mol. The molecule has 0 amide bonds. The van der Waals surface area contributed by atoms with Crippen molar-refractivity contribution < 1.29 is 0 Å². The number of fused-ring (bicyclic) bond motifs is 1. The van der Waals surface area contributed by atoms with Crippen molar-refractivity contribution in [2.75, 3.05) is 0 Å². The molecule has 1 aromatic heterocycles. The molecule has 0 aliphatic heterocycles. The zero-order chi connectivity index (χ0) is 10.1. The van der Waals surface area contributed by atoms with Crippen LogP contribution in [0.4, 0.5) is 0 Å². The summed E-state index contributed by atoms with van der Waals surface area (Å²) in [6.45, 7) is 2.11. The number of benzene rings is 1. The molecule has 70 valence electrons. The van der Waals surface area contributed by atoms with Crippen molar-refractivity contribution in [2.24, 2.45) is 0 Å². The third-order valence-electron chi connectivity index (χ3n) is 2.25. The van der Waals surface area contributed by atoms with Crippen LogP contribution >= 0.6 is 24.0 Å². The predicted molar refractivity (Wildman–Crippen MR) is 63.2 cm³/mol. The highest BCUT2D eigenvalue weighted by atomic mass is 32.1. The molecule has 0 atom stereocenters. The van der Waals surface area contributed by atoms with Gasteiger partial charge in [-0.25, -0.2) is 0 Å². The minimum Gasteiger partial charge on any atom is -0.192 e. The fourth-order valence-electron chi connectivity index (χ4n) is 1.48. The summed E-state index contributed by atoms with van der Waals surface area (Å²) in [6.07, 6.45) is 0.979. The molecule has 0 aliphatic carbocycles. The summed E-state index contributed by atoms with van der Waals surface area (Å²) in [5.41, 5.74) is 1.24. The Morgan fingerprint density at radius 3 is 2.93 bits per heavy atom. The van der Waals surface area contributed by atoms with Gasteiger partial charge in [0.1, 0.15) is 10.9 Å². The van der Waals surface area contributed by atoms with Gasteiger partial charge in [-0.05, 0) is 24.1 Å². The number of rotatable bonds is 1. The number of nitrogens with zero attached hydrogens (tertiary/aromatic N) is 1. The fourth-order valence-corrected chi connectivity index (χ4v) is 2.84. The second-order valence-electron chi connectivity index (χ2n) is 3.06. The molecule has 3 heteroatoms. The van der Waals surface area contributed by atoms with Crippen molar-refractivity contribution in [2.45, 2.75) is 18.2 Å².